The van der Waals surface area contributed by atoms with E-state index in [-0.39, 0.29) is 24.4 Å². The molecule has 2 saturated heterocycles. The molecule has 3 aliphatic rings. The lowest BCUT2D eigenvalue weighted by molar-refractivity contribution is 0.0992. The third kappa shape index (κ3) is 3.91. The average Bonchev–Trinajstić information content (AvgIpc) is 3.37. The fraction of sp³-hybridized carbons (Fsp3) is 0.632. The minimum atomic E-state index is -3.37. The second kappa shape index (κ2) is 7.67. The molecule has 7 nitrogen and oxygen atoms in total. The van der Waals surface area contributed by atoms with E-state index >= 15 is 0 Å². The molecule has 3 atom stereocenters. The number of para-hydroxylation sites is 1. The Morgan fingerprint density at radius 2 is 2.19 bits per heavy atom. The maximum atomic E-state index is 12.8. The highest BCUT2D eigenvalue weighted by atomic mass is 32.2. The molecule has 0 aromatic heterocycles. The molecular weight excluding hydrogens is 364 g/mol. The van der Waals surface area contributed by atoms with E-state index in [2.05, 4.69) is 15.6 Å². The molecule has 2 fully saturated rings. The van der Waals surface area contributed by atoms with Crippen molar-refractivity contribution in [3.8, 4) is 0 Å². The zero-order valence-electron chi connectivity index (χ0n) is 15.7. The van der Waals surface area contributed by atoms with Crippen LogP contribution < -0.4 is 14.9 Å². The molecule has 2 bridgehead atoms. The quantitative estimate of drug-likeness (QED) is 0.562. The lowest BCUT2D eigenvalue weighted by Crippen LogP contribution is -2.47. The predicted octanol–water partition coefficient (Wildman–Crippen LogP) is 1.25. The molecule has 8 heteroatoms. The summed E-state index contributed by atoms with van der Waals surface area (Å²) < 4.78 is 33.0. The van der Waals surface area contributed by atoms with Gasteiger partial charge in [0.1, 0.15) is 0 Å². The molecular formula is C19H28N4O3S. The zero-order chi connectivity index (χ0) is 18.9. The van der Waals surface area contributed by atoms with Crippen LogP contribution in [0.3, 0.4) is 0 Å². The lowest BCUT2D eigenvalue weighted by Gasteiger charge is -2.23. The number of nitrogens with one attached hydrogen (secondary N) is 2. The number of ether oxygens (including phenoxy) is 1. The van der Waals surface area contributed by atoms with Crippen LogP contribution >= 0.6 is 0 Å². The van der Waals surface area contributed by atoms with Gasteiger partial charge in [0.15, 0.2) is 5.96 Å². The Kier molecular flexibility index (Phi) is 5.27. The van der Waals surface area contributed by atoms with Crippen LogP contribution in [-0.4, -0.2) is 58.0 Å². The van der Waals surface area contributed by atoms with E-state index in [9.17, 15) is 8.42 Å². The average molecular weight is 393 g/mol. The number of fused-ring (bicyclic) bond motifs is 3. The van der Waals surface area contributed by atoms with Gasteiger partial charge in [0, 0.05) is 13.1 Å². The monoisotopic (exact) mass is 392 g/mol. The molecule has 27 heavy (non-hydrogen) atoms. The Balaban J connectivity index is 1.37. The van der Waals surface area contributed by atoms with E-state index < -0.39 is 10.0 Å². The van der Waals surface area contributed by atoms with Crippen molar-refractivity contribution in [1.29, 1.82) is 0 Å². The molecule has 0 radical (unpaired) electrons. The Bertz CT molecular complexity index is 811. The topological polar surface area (TPSA) is 83.0 Å². The SMILES string of the molecule is CCNC(=NCCS(=O)(=O)N1CCc2ccccc21)NC1CC2CCC1O2. The molecule has 0 amide bonds. The van der Waals surface area contributed by atoms with Crippen molar-refractivity contribution in [2.75, 3.05) is 29.7 Å². The number of aliphatic imine (C=N–C) groups is 1. The second-order valence-corrected chi connectivity index (χ2v) is 9.40. The highest BCUT2D eigenvalue weighted by Gasteiger charge is 2.41. The fourth-order valence-electron chi connectivity index (χ4n) is 4.27. The summed E-state index contributed by atoms with van der Waals surface area (Å²) in [5.74, 6) is 0.682. The summed E-state index contributed by atoms with van der Waals surface area (Å²) in [4.78, 5) is 4.51. The summed E-state index contributed by atoms with van der Waals surface area (Å²) in [6.45, 7) is 3.50. The molecule has 4 rings (SSSR count). The van der Waals surface area contributed by atoms with E-state index in [0.717, 1.165) is 43.5 Å². The van der Waals surface area contributed by atoms with Gasteiger partial charge in [-0.15, -0.1) is 0 Å². The van der Waals surface area contributed by atoms with E-state index in [1.54, 1.807) is 0 Å². The van der Waals surface area contributed by atoms with Crippen LogP contribution in [0.5, 0.6) is 0 Å². The molecule has 3 aliphatic heterocycles. The van der Waals surface area contributed by atoms with Gasteiger partial charge in [-0.1, -0.05) is 18.2 Å². The summed E-state index contributed by atoms with van der Waals surface area (Å²) in [5, 5.41) is 6.64. The minimum absolute atomic E-state index is 0.00509. The van der Waals surface area contributed by atoms with Gasteiger partial charge in [0.05, 0.1) is 36.2 Å². The summed E-state index contributed by atoms with van der Waals surface area (Å²) in [6, 6.07) is 7.98. The van der Waals surface area contributed by atoms with Crippen LogP contribution in [0.25, 0.3) is 0 Å². The van der Waals surface area contributed by atoms with Crippen molar-refractivity contribution < 1.29 is 13.2 Å². The first-order chi connectivity index (χ1) is 13.1. The molecule has 0 aliphatic carbocycles. The molecule has 3 unspecified atom stereocenters. The van der Waals surface area contributed by atoms with Gasteiger partial charge in [-0.05, 0) is 44.2 Å². The largest absolute Gasteiger partial charge is 0.373 e. The molecule has 0 spiro atoms. The number of rotatable bonds is 6. The predicted molar refractivity (Wildman–Crippen MR) is 107 cm³/mol. The summed E-state index contributed by atoms with van der Waals surface area (Å²) in [7, 11) is -3.37. The fourth-order valence-corrected chi connectivity index (χ4v) is 5.65. The van der Waals surface area contributed by atoms with Gasteiger partial charge >= 0.3 is 0 Å². The molecule has 0 saturated carbocycles. The van der Waals surface area contributed by atoms with Gasteiger partial charge in [-0.2, -0.15) is 0 Å². The van der Waals surface area contributed by atoms with Crippen LogP contribution in [0.15, 0.2) is 29.3 Å². The number of guanidine groups is 1. The first-order valence-corrected chi connectivity index (χ1v) is 11.5. The van der Waals surface area contributed by atoms with Gasteiger partial charge in [0.2, 0.25) is 10.0 Å². The number of hydrogen-bond acceptors (Lipinski definition) is 4. The third-order valence-electron chi connectivity index (χ3n) is 5.57. The second-order valence-electron chi connectivity index (χ2n) is 7.39. The van der Waals surface area contributed by atoms with Gasteiger partial charge in [-0.25, -0.2) is 8.42 Å². The maximum absolute atomic E-state index is 12.8. The van der Waals surface area contributed by atoms with Crippen LogP contribution in [-0.2, 0) is 21.2 Å². The third-order valence-corrected chi connectivity index (χ3v) is 7.32. The standard InChI is InChI=1S/C19H28N4O3S/c1-2-20-19(22-16-13-15-7-8-18(16)26-15)21-10-12-27(24,25)23-11-9-14-5-3-4-6-17(14)23/h3-6,15-16,18H,2,7-13H2,1H3,(H2,20,21,22). The van der Waals surface area contributed by atoms with Crippen molar-refractivity contribution >= 4 is 21.7 Å². The van der Waals surface area contributed by atoms with Crippen molar-refractivity contribution in [2.45, 2.75) is 50.9 Å². The maximum Gasteiger partial charge on any atom is 0.237 e. The van der Waals surface area contributed by atoms with Gasteiger partial charge in [-0.3, -0.25) is 9.30 Å². The van der Waals surface area contributed by atoms with Crippen LogP contribution in [0.1, 0.15) is 31.7 Å². The van der Waals surface area contributed by atoms with Crippen molar-refractivity contribution in [1.82, 2.24) is 10.6 Å². The van der Waals surface area contributed by atoms with E-state index in [1.807, 2.05) is 31.2 Å². The summed E-state index contributed by atoms with van der Waals surface area (Å²) in [6.07, 6.45) is 4.62. The van der Waals surface area contributed by atoms with Gasteiger partial charge < -0.3 is 15.4 Å². The molecule has 1 aromatic carbocycles. The number of benzene rings is 1. The first-order valence-electron chi connectivity index (χ1n) is 9.85. The number of sulfonamides is 1. The Labute approximate surface area is 161 Å². The Morgan fingerprint density at radius 3 is 2.93 bits per heavy atom. The molecule has 1 aromatic rings. The Hall–Kier alpha value is -1.80. The van der Waals surface area contributed by atoms with Crippen molar-refractivity contribution in [2.24, 2.45) is 4.99 Å². The summed E-state index contributed by atoms with van der Waals surface area (Å²) in [5.41, 5.74) is 1.90. The normalized spacial score (nSPS) is 27.1. The van der Waals surface area contributed by atoms with Gasteiger partial charge in [0.25, 0.3) is 0 Å². The van der Waals surface area contributed by atoms with E-state index in [1.165, 1.54) is 4.31 Å². The molecule has 2 N–H and O–H groups in total. The van der Waals surface area contributed by atoms with Crippen molar-refractivity contribution in [3.05, 3.63) is 29.8 Å². The minimum Gasteiger partial charge on any atom is -0.373 e. The van der Waals surface area contributed by atoms with E-state index in [4.69, 9.17) is 4.74 Å². The highest BCUT2D eigenvalue weighted by molar-refractivity contribution is 7.92. The zero-order valence-corrected chi connectivity index (χ0v) is 16.5. The number of anilines is 1. The number of nitrogens with zero attached hydrogens (tertiary/aromatic N) is 2. The van der Waals surface area contributed by atoms with Crippen LogP contribution in [0.2, 0.25) is 0 Å². The molecule has 148 valence electrons. The van der Waals surface area contributed by atoms with Crippen LogP contribution in [0, 0.1) is 0 Å². The van der Waals surface area contributed by atoms with Crippen molar-refractivity contribution in [3.63, 3.8) is 0 Å². The first kappa shape index (κ1) is 18.6. The molecule has 3 heterocycles. The summed E-state index contributed by atoms with van der Waals surface area (Å²) >= 11 is 0. The highest BCUT2D eigenvalue weighted by Crippen LogP contribution is 2.34. The lowest BCUT2D eigenvalue weighted by atomic mass is 9.96. The smallest absolute Gasteiger partial charge is 0.237 e. The van der Waals surface area contributed by atoms with E-state index in [0.29, 0.717) is 18.6 Å². The van der Waals surface area contributed by atoms with Crippen LogP contribution in [0.4, 0.5) is 5.69 Å². The number of hydrogen-bond donors (Lipinski definition) is 2. The Morgan fingerprint density at radius 1 is 1.33 bits per heavy atom.